The molecule has 0 aliphatic rings. The van der Waals surface area contributed by atoms with Gasteiger partial charge in [-0.1, -0.05) is 24.3 Å². The summed E-state index contributed by atoms with van der Waals surface area (Å²) in [4.78, 5) is 0. The van der Waals surface area contributed by atoms with E-state index in [4.69, 9.17) is 4.74 Å². The zero-order valence-corrected chi connectivity index (χ0v) is 9.34. The van der Waals surface area contributed by atoms with Crippen molar-refractivity contribution in [1.82, 2.24) is 20.6 Å². The normalized spacial score (nSPS) is 10.9. The van der Waals surface area contributed by atoms with E-state index in [1.54, 1.807) is 0 Å². The van der Waals surface area contributed by atoms with E-state index in [0.717, 1.165) is 11.1 Å². The molecular weight excluding hydrogens is 204 g/mol. The SMILES string of the molecule is CC(C)OCc1ccc(-c2nn[nH]n2)cc1. The first kappa shape index (κ1) is 10.8. The monoisotopic (exact) mass is 218 g/mol. The van der Waals surface area contributed by atoms with Crippen LogP contribution >= 0.6 is 0 Å². The van der Waals surface area contributed by atoms with E-state index in [2.05, 4.69) is 20.6 Å². The number of aromatic nitrogens is 4. The highest BCUT2D eigenvalue weighted by Crippen LogP contribution is 2.14. The maximum absolute atomic E-state index is 5.51. The predicted octanol–water partition coefficient (Wildman–Crippen LogP) is 1.79. The van der Waals surface area contributed by atoms with Crippen LogP contribution in [-0.2, 0) is 11.3 Å². The van der Waals surface area contributed by atoms with Crippen LogP contribution in [0.15, 0.2) is 24.3 Å². The van der Waals surface area contributed by atoms with Crippen molar-refractivity contribution >= 4 is 0 Å². The van der Waals surface area contributed by atoms with Gasteiger partial charge in [0, 0.05) is 5.56 Å². The minimum Gasteiger partial charge on any atom is -0.374 e. The second-order valence-electron chi connectivity index (χ2n) is 3.79. The fraction of sp³-hybridized carbons (Fsp3) is 0.364. The maximum Gasteiger partial charge on any atom is 0.204 e. The van der Waals surface area contributed by atoms with Crippen LogP contribution in [0, 0.1) is 0 Å². The van der Waals surface area contributed by atoms with Crippen molar-refractivity contribution in [3.05, 3.63) is 29.8 Å². The first-order valence-corrected chi connectivity index (χ1v) is 5.20. The molecule has 0 aliphatic carbocycles. The standard InChI is InChI=1S/C11H14N4O/c1-8(2)16-7-9-3-5-10(6-4-9)11-12-14-15-13-11/h3-6,8H,7H2,1-2H3,(H,12,13,14,15). The van der Waals surface area contributed by atoms with Gasteiger partial charge >= 0.3 is 0 Å². The van der Waals surface area contributed by atoms with Crippen molar-refractivity contribution < 1.29 is 4.74 Å². The largest absolute Gasteiger partial charge is 0.374 e. The number of tetrazole rings is 1. The molecule has 0 aliphatic heterocycles. The Morgan fingerprint density at radius 2 is 2.00 bits per heavy atom. The highest BCUT2D eigenvalue weighted by molar-refractivity contribution is 5.53. The molecule has 84 valence electrons. The Balaban J connectivity index is 2.05. The number of ether oxygens (including phenoxy) is 1. The number of benzene rings is 1. The summed E-state index contributed by atoms with van der Waals surface area (Å²) in [6, 6.07) is 7.94. The minimum atomic E-state index is 0.247. The van der Waals surface area contributed by atoms with E-state index < -0.39 is 0 Å². The molecule has 0 saturated carbocycles. The highest BCUT2D eigenvalue weighted by atomic mass is 16.5. The molecule has 0 fully saturated rings. The van der Waals surface area contributed by atoms with Gasteiger partial charge in [-0.2, -0.15) is 5.21 Å². The van der Waals surface area contributed by atoms with Gasteiger partial charge in [0.05, 0.1) is 12.7 Å². The van der Waals surface area contributed by atoms with E-state index in [0.29, 0.717) is 12.4 Å². The summed E-state index contributed by atoms with van der Waals surface area (Å²) < 4.78 is 5.51. The maximum atomic E-state index is 5.51. The van der Waals surface area contributed by atoms with E-state index in [9.17, 15) is 0 Å². The third-order valence-corrected chi connectivity index (χ3v) is 2.14. The Morgan fingerprint density at radius 1 is 1.25 bits per heavy atom. The number of H-pyrrole nitrogens is 1. The molecular formula is C11H14N4O. The van der Waals surface area contributed by atoms with Crippen LogP contribution in [0.4, 0.5) is 0 Å². The Labute approximate surface area is 93.8 Å². The molecule has 2 aromatic rings. The lowest BCUT2D eigenvalue weighted by Gasteiger charge is -2.07. The second kappa shape index (κ2) is 4.85. The van der Waals surface area contributed by atoms with Gasteiger partial charge in [0.2, 0.25) is 5.82 Å². The molecule has 0 saturated heterocycles. The third kappa shape index (κ3) is 2.64. The number of nitrogens with zero attached hydrogens (tertiary/aromatic N) is 3. The first-order valence-electron chi connectivity index (χ1n) is 5.20. The molecule has 5 nitrogen and oxygen atoms in total. The van der Waals surface area contributed by atoms with Crippen LogP contribution in [-0.4, -0.2) is 26.7 Å². The Hall–Kier alpha value is -1.75. The summed E-state index contributed by atoms with van der Waals surface area (Å²) >= 11 is 0. The summed E-state index contributed by atoms with van der Waals surface area (Å²) in [7, 11) is 0. The zero-order valence-electron chi connectivity index (χ0n) is 9.34. The quantitative estimate of drug-likeness (QED) is 0.849. The summed E-state index contributed by atoms with van der Waals surface area (Å²) in [5, 5.41) is 13.8. The van der Waals surface area contributed by atoms with Crippen molar-refractivity contribution in [2.45, 2.75) is 26.6 Å². The second-order valence-corrected chi connectivity index (χ2v) is 3.79. The van der Waals surface area contributed by atoms with Gasteiger partial charge in [-0.05, 0) is 24.6 Å². The van der Waals surface area contributed by atoms with Crippen molar-refractivity contribution in [3.8, 4) is 11.4 Å². The lowest BCUT2D eigenvalue weighted by Crippen LogP contribution is -2.01. The smallest absolute Gasteiger partial charge is 0.204 e. The Morgan fingerprint density at radius 3 is 2.56 bits per heavy atom. The summed E-state index contributed by atoms with van der Waals surface area (Å²) in [5.74, 6) is 0.608. The zero-order chi connectivity index (χ0) is 11.4. The Bertz CT molecular complexity index is 422. The third-order valence-electron chi connectivity index (χ3n) is 2.14. The average molecular weight is 218 g/mol. The first-order chi connectivity index (χ1) is 7.75. The fourth-order valence-electron chi connectivity index (χ4n) is 1.30. The van der Waals surface area contributed by atoms with Gasteiger partial charge in [-0.15, -0.1) is 10.2 Å². The highest BCUT2D eigenvalue weighted by Gasteiger charge is 2.02. The van der Waals surface area contributed by atoms with E-state index >= 15 is 0 Å². The van der Waals surface area contributed by atoms with Crippen molar-refractivity contribution in [2.75, 3.05) is 0 Å². The lowest BCUT2D eigenvalue weighted by atomic mass is 10.1. The molecule has 1 aromatic heterocycles. The van der Waals surface area contributed by atoms with Crippen LogP contribution in [0.2, 0.25) is 0 Å². The van der Waals surface area contributed by atoms with Crippen molar-refractivity contribution in [2.24, 2.45) is 0 Å². The molecule has 5 heteroatoms. The molecule has 16 heavy (non-hydrogen) atoms. The molecule has 1 aromatic carbocycles. The van der Waals surface area contributed by atoms with Gasteiger partial charge in [-0.3, -0.25) is 0 Å². The van der Waals surface area contributed by atoms with Crippen LogP contribution in [0.1, 0.15) is 19.4 Å². The topological polar surface area (TPSA) is 63.7 Å². The number of aromatic amines is 1. The number of nitrogens with one attached hydrogen (secondary N) is 1. The molecule has 0 amide bonds. The predicted molar refractivity (Wildman–Crippen MR) is 59.5 cm³/mol. The van der Waals surface area contributed by atoms with E-state index in [1.165, 1.54) is 0 Å². The van der Waals surface area contributed by atoms with Gasteiger partial charge in [-0.25, -0.2) is 0 Å². The average Bonchev–Trinajstić information content (AvgIpc) is 2.80. The Kier molecular flexibility index (Phi) is 3.26. The molecule has 1 N–H and O–H groups in total. The lowest BCUT2D eigenvalue weighted by molar-refractivity contribution is 0.0657. The van der Waals surface area contributed by atoms with Crippen LogP contribution in [0.25, 0.3) is 11.4 Å². The van der Waals surface area contributed by atoms with Crippen LogP contribution in [0.3, 0.4) is 0 Å². The molecule has 1 heterocycles. The van der Waals surface area contributed by atoms with E-state index in [-0.39, 0.29) is 6.10 Å². The van der Waals surface area contributed by atoms with Gasteiger partial charge < -0.3 is 4.74 Å². The van der Waals surface area contributed by atoms with Gasteiger partial charge in [0.15, 0.2) is 0 Å². The number of hydrogen-bond donors (Lipinski definition) is 1. The molecule has 0 bridgehead atoms. The molecule has 2 rings (SSSR count). The number of hydrogen-bond acceptors (Lipinski definition) is 4. The molecule has 0 spiro atoms. The van der Waals surface area contributed by atoms with Crippen molar-refractivity contribution in [3.63, 3.8) is 0 Å². The van der Waals surface area contributed by atoms with Crippen LogP contribution < -0.4 is 0 Å². The van der Waals surface area contributed by atoms with Crippen molar-refractivity contribution in [1.29, 1.82) is 0 Å². The van der Waals surface area contributed by atoms with Crippen LogP contribution in [0.5, 0.6) is 0 Å². The summed E-state index contributed by atoms with van der Waals surface area (Å²) in [5.41, 5.74) is 2.09. The minimum absolute atomic E-state index is 0.247. The summed E-state index contributed by atoms with van der Waals surface area (Å²) in [6.45, 7) is 4.67. The van der Waals surface area contributed by atoms with Gasteiger partial charge in [0.1, 0.15) is 0 Å². The molecule has 0 unspecified atom stereocenters. The molecule has 0 radical (unpaired) electrons. The summed E-state index contributed by atoms with van der Waals surface area (Å²) in [6.07, 6.45) is 0.247. The fourth-order valence-corrected chi connectivity index (χ4v) is 1.30. The van der Waals surface area contributed by atoms with E-state index in [1.807, 2.05) is 38.1 Å². The number of rotatable bonds is 4. The van der Waals surface area contributed by atoms with Gasteiger partial charge in [0.25, 0.3) is 0 Å². The molecule has 0 atom stereocenters.